The third-order valence-corrected chi connectivity index (χ3v) is 2.54. The quantitative estimate of drug-likeness (QED) is 0.844. The molecule has 0 aliphatic rings. The third-order valence-electron chi connectivity index (χ3n) is 2.21. The lowest BCUT2D eigenvalue weighted by Gasteiger charge is -2.08. The van der Waals surface area contributed by atoms with Gasteiger partial charge in [0.05, 0.1) is 16.4 Å². The Balaban J connectivity index is 2.24. The number of carbonyl (C=O) groups excluding carboxylic acids is 1. The van der Waals surface area contributed by atoms with Gasteiger partial charge in [-0.25, -0.2) is 4.68 Å². The zero-order chi connectivity index (χ0) is 13.0. The maximum absolute atomic E-state index is 11.5. The average molecular weight is 267 g/mol. The molecule has 1 aromatic carbocycles. The van der Waals surface area contributed by atoms with Crippen molar-refractivity contribution in [2.45, 2.75) is 6.42 Å². The number of carbonyl (C=O) groups is 1. The number of rotatable bonds is 4. The molecule has 3 N–H and O–H groups in total. The van der Waals surface area contributed by atoms with Gasteiger partial charge in [0.15, 0.2) is 0 Å². The Bertz CT molecular complexity index is 541. The number of aromatic nitrogens is 4. The number of nitrogens with one attached hydrogen (secondary N) is 1. The minimum atomic E-state index is -0.187. The van der Waals surface area contributed by atoms with E-state index in [1.54, 1.807) is 18.2 Å². The van der Waals surface area contributed by atoms with Gasteiger partial charge >= 0.3 is 0 Å². The molecule has 1 aromatic heterocycles. The third kappa shape index (κ3) is 2.82. The molecule has 0 aliphatic carbocycles. The van der Waals surface area contributed by atoms with Crippen molar-refractivity contribution in [1.82, 2.24) is 20.2 Å². The van der Waals surface area contributed by atoms with Crippen LogP contribution in [0.5, 0.6) is 0 Å². The second-order valence-electron chi connectivity index (χ2n) is 3.51. The van der Waals surface area contributed by atoms with Crippen LogP contribution >= 0.6 is 11.6 Å². The number of halogens is 1. The molecule has 18 heavy (non-hydrogen) atoms. The summed E-state index contributed by atoms with van der Waals surface area (Å²) in [6.07, 6.45) is 1.69. The Labute approximate surface area is 108 Å². The average Bonchev–Trinajstić information content (AvgIpc) is 2.86. The van der Waals surface area contributed by atoms with Gasteiger partial charge in [-0.1, -0.05) is 11.6 Å². The molecule has 0 bridgehead atoms. The lowest BCUT2D eigenvalue weighted by molar-refractivity contribution is -0.116. The number of hydrogen-bond acceptors (Lipinski definition) is 5. The highest BCUT2D eigenvalue weighted by Crippen LogP contribution is 2.24. The van der Waals surface area contributed by atoms with Gasteiger partial charge in [-0.2, -0.15) is 0 Å². The molecule has 1 amide bonds. The fourth-order valence-electron chi connectivity index (χ4n) is 1.37. The first-order chi connectivity index (χ1) is 8.70. The number of hydrogen-bond donors (Lipinski definition) is 2. The Kier molecular flexibility index (Phi) is 3.85. The minimum Gasteiger partial charge on any atom is -0.330 e. The van der Waals surface area contributed by atoms with E-state index in [0.717, 1.165) is 0 Å². The van der Waals surface area contributed by atoms with Gasteiger partial charge in [0.2, 0.25) is 5.91 Å². The van der Waals surface area contributed by atoms with Gasteiger partial charge in [0.1, 0.15) is 6.33 Å². The molecule has 1 heterocycles. The molecular formula is C10H11ClN6O. The minimum absolute atomic E-state index is 0.187. The van der Waals surface area contributed by atoms with Crippen LogP contribution in [-0.2, 0) is 4.79 Å². The molecule has 2 rings (SSSR count). The van der Waals surface area contributed by atoms with Crippen LogP contribution in [0.4, 0.5) is 5.69 Å². The van der Waals surface area contributed by atoms with Crippen LogP contribution in [0.25, 0.3) is 5.69 Å². The number of benzene rings is 1. The summed E-state index contributed by atoms with van der Waals surface area (Å²) >= 11 is 5.99. The van der Waals surface area contributed by atoms with Crippen molar-refractivity contribution < 1.29 is 4.79 Å². The first-order valence-electron chi connectivity index (χ1n) is 5.23. The van der Waals surface area contributed by atoms with Crippen molar-refractivity contribution in [2.24, 2.45) is 5.73 Å². The maximum Gasteiger partial charge on any atom is 0.225 e. The molecule has 0 saturated carbocycles. The number of nitrogens with two attached hydrogens (primary N) is 1. The van der Waals surface area contributed by atoms with E-state index in [2.05, 4.69) is 20.8 Å². The number of tetrazole rings is 1. The number of amides is 1. The molecule has 0 fully saturated rings. The van der Waals surface area contributed by atoms with Gasteiger partial charge in [-0.15, -0.1) is 5.10 Å². The maximum atomic E-state index is 11.5. The van der Waals surface area contributed by atoms with Crippen molar-refractivity contribution in [3.8, 4) is 5.69 Å². The Hall–Kier alpha value is -1.99. The molecule has 0 unspecified atom stereocenters. The molecule has 2 aromatic rings. The highest BCUT2D eigenvalue weighted by molar-refractivity contribution is 6.33. The molecule has 8 heteroatoms. The molecule has 0 aliphatic heterocycles. The van der Waals surface area contributed by atoms with Gasteiger partial charge in [-0.05, 0) is 28.6 Å². The van der Waals surface area contributed by atoms with Crippen molar-refractivity contribution in [3.05, 3.63) is 29.5 Å². The van der Waals surface area contributed by atoms with Crippen molar-refractivity contribution >= 4 is 23.2 Å². The summed E-state index contributed by atoms with van der Waals surface area (Å²) in [5, 5.41) is 13.9. The zero-order valence-corrected chi connectivity index (χ0v) is 10.1. The van der Waals surface area contributed by atoms with Crippen LogP contribution in [0.2, 0.25) is 5.02 Å². The lowest BCUT2D eigenvalue weighted by atomic mass is 10.2. The number of nitrogens with zero attached hydrogens (tertiary/aromatic N) is 4. The predicted octanol–water partition coefficient (Wildman–Crippen LogP) is 0.603. The van der Waals surface area contributed by atoms with E-state index in [4.69, 9.17) is 17.3 Å². The van der Waals surface area contributed by atoms with Crippen LogP contribution in [0.3, 0.4) is 0 Å². The molecule has 0 radical (unpaired) electrons. The predicted molar refractivity (Wildman–Crippen MR) is 66.5 cm³/mol. The summed E-state index contributed by atoms with van der Waals surface area (Å²) in [5.74, 6) is -0.187. The second kappa shape index (κ2) is 5.56. The van der Waals surface area contributed by atoms with Crippen LogP contribution in [0.1, 0.15) is 6.42 Å². The number of anilines is 1. The lowest BCUT2D eigenvalue weighted by Crippen LogP contribution is -2.16. The van der Waals surface area contributed by atoms with Gasteiger partial charge in [0, 0.05) is 13.0 Å². The summed E-state index contributed by atoms with van der Waals surface area (Å²) in [6, 6.07) is 5.10. The fourth-order valence-corrected chi connectivity index (χ4v) is 1.54. The van der Waals surface area contributed by atoms with E-state index in [-0.39, 0.29) is 18.9 Å². The topological polar surface area (TPSA) is 98.7 Å². The molecule has 0 spiro atoms. The fraction of sp³-hybridized carbons (Fsp3) is 0.200. The summed E-state index contributed by atoms with van der Waals surface area (Å²) in [7, 11) is 0. The highest BCUT2D eigenvalue weighted by Gasteiger charge is 2.07. The standard InChI is InChI=1S/C10H11ClN6O/c11-8-2-1-7(17-6-13-15-16-17)5-9(8)14-10(18)3-4-12/h1-2,5-6H,3-4,12H2,(H,14,18). The summed E-state index contributed by atoms with van der Waals surface area (Å²) in [5.41, 5.74) is 6.51. The van der Waals surface area contributed by atoms with Crippen molar-refractivity contribution in [3.63, 3.8) is 0 Å². The van der Waals surface area contributed by atoms with E-state index < -0.39 is 0 Å². The Morgan fingerprint density at radius 3 is 3.00 bits per heavy atom. The highest BCUT2D eigenvalue weighted by atomic mass is 35.5. The van der Waals surface area contributed by atoms with E-state index in [1.807, 2.05) is 0 Å². The van der Waals surface area contributed by atoms with Crippen molar-refractivity contribution in [2.75, 3.05) is 11.9 Å². The summed E-state index contributed by atoms with van der Waals surface area (Å²) in [6.45, 7) is 0.288. The van der Waals surface area contributed by atoms with Crippen LogP contribution in [0, 0.1) is 0 Å². The summed E-state index contributed by atoms with van der Waals surface area (Å²) in [4.78, 5) is 11.5. The second-order valence-corrected chi connectivity index (χ2v) is 3.91. The summed E-state index contributed by atoms with van der Waals surface area (Å²) < 4.78 is 1.47. The molecule has 7 nitrogen and oxygen atoms in total. The molecule has 0 atom stereocenters. The van der Waals surface area contributed by atoms with Crippen LogP contribution < -0.4 is 11.1 Å². The van der Waals surface area contributed by atoms with Gasteiger partial charge < -0.3 is 11.1 Å². The molecule has 0 saturated heterocycles. The Morgan fingerprint density at radius 1 is 1.50 bits per heavy atom. The first kappa shape index (κ1) is 12.5. The monoisotopic (exact) mass is 266 g/mol. The van der Waals surface area contributed by atoms with Crippen LogP contribution in [-0.4, -0.2) is 32.7 Å². The zero-order valence-electron chi connectivity index (χ0n) is 9.38. The van der Waals surface area contributed by atoms with E-state index in [9.17, 15) is 4.79 Å². The van der Waals surface area contributed by atoms with Gasteiger partial charge in [0.25, 0.3) is 0 Å². The SMILES string of the molecule is NCCC(=O)Nc1cc(-n2cnnn2)ccc1Cl. The van der Waals surface area contributed by atoms with E-state index in [1.165, 1.54) is 11.0 Å². The largest absolute Gasteiger partial charge is 0.330 e. The first-order valence-corrected chi connectivity index (χ1v) is 5.61. The van der Waals surface area contributed by atoms with Gasteiger partial charge in [-0.3, -0.25) is 4.79 Å². The normalized spacial score (nSPS) is 10.3. The molecular weight excluding hydrogens is 256 g/mol. The van der Waals surface area contributed by atoms with Crippen molar-refractivity contribution in [1.29, 1.82) is 0 Å². The molecule has 94 valence electrons. The van der Waals surface area contributed by atoms with Crippen LogP contribution in [0.15, 0.2) is 24.5 Å². The van der Waals surface area contributed by atoms with E-state index in [0.29, 0.717) is 16.4 Å². The smallest absolute Gasteiger partial charge is 0.225 e. The Morgan fingerprint density at radius 2 is 2.33 bits per heavy atom. The van der Waals surface area contributed by atoms with E-state index >= 15 is 0 Å².